The highest BCUT2D eigenvalue weighted by Crippen LogP contribution is 2.17. The zero-order chi connectivity index (χ0) is 17.1. The van der Waals surface area contributed by atoms with Crippen molar-refractivity contribution in [2.45, 2.75) is 19.6 Å². The Morgan fingerprint density at radius 3 is 2.88 bits per heavy atom. The van der Waals surface area contributed by atoms with Crippen LogP contribution in [0.2, 0.25) is 0 Å². The number of amides is 1. The van der Waals surface area contributed by atoms with Crippen LogP contribution in [0.15, 0.2) is 23.8 Å². The number of aromatic nitrogens is 2. The number of hydrogen-bond donors (Lipinski definition) is 1. The maximum atomic E-state index is 11.8. The number of carbonyl (C=O) groups is 3. The van der Waals surface area contributed by atoms with Gasteiger partial charge in [-0.1, -0.05) is 6.07 Å². The molecular formula is C14H13N3O6S. The number of ether oxygens (including phenoxy) is 1. The highest BCUT2D eigenvalue weighted by Gasteiger charge is 2.27. The molecule has 2 aromatic heterocycles. The second kappa shape index (κ2) is 6.71. The van der Waals surface area contributed by atoms with Crippen molar-refractivity contribution in [3.8, 4) is 0 Å². The number of rotatable bonds is 3. The van der Waals surface area contributed by atoms with Gasteiger partial charge in [0.2, 0.25) is 0 Å². The van der Waals surface area contributed by atoms with E-state index in [1.165, 1.54) is 22.6 Å². The molecule has 0 aliphatic carbocycles. The monoisotopic (exact) mass is 351 g/mol. The van der Waals surface area contributed by atoms with Crippen molar-refractivity contribution in [3.63, 3.8) is 0 Å². The Kier molecular flexibility index (Phi) is 4.47. The third-order valence-corrected chi connectivity index (χ3v) is 4.27. The second-order valence-corrected chi connectivity index (χ2v) is 5.98. The molecule has 1 amide bonds. The first-order valence-electron chi connectivity index (χ1n) is 6.99. The van der Waals surface area contributed by atoms with E-state index in [-0.39, 0.29) is 19.7 Å². The Morgan fingerprint density at radius 1 is 1.33 bits per heavy atom. The van der Waals surface area contributed by atoms with E-state index in [0.717, 1.165) is 9.61 Å². The van der Waals surface area contributed by atoms with Crippen LogP contribution in [0.4, 0.5) is 4.79 Å². The molecular weight excluding hydrogens is 338 g/mol. The van der Waals surface area contributed by atoms with Crippen molar-refractivity contribution in [2.24, 2.45) is 0 Å². The fraction of sp³-hybridized carbons (Fsp3) is 0.286. The predicted octanol–water partition coefficient (Wildman–Crippen LogP) is 0.679. The molecule has 0 bridgehead atoms. The summed E-state index contributed by atoms with van der Waals surface area (Å²) >= 11 is 1.41. The Hall–Kier alpha value is -2.88. The smallest absolute Gasteiger partial charge is 0.442 e. The van der Waals surface area contributed by atoms with Crippen LogP contribution in [-0.2, 0) is 33.9 Å². The minimum absolute atomic E-state index is 0.00120. The quantitative estimate of drug-likeness (QED) is 0.639. The molecule has 0 fully saturated rings. The van der Waals surface area contributed by atoms with E-state index < -0.39 is 18.0 Å². The van der Waals surface area contributed by atoms with Gasteiger partial charge < -0.3 is 19.6 Å². The first-order chi connectivity index (χ1) is 11.5. The van der Waals surface area contributed by atoms with E-state index in [1.807, 2.05) is 11.4 Å². The van der Waals surface area contributed by atoms with Crippen LogP contribution in [0.1, 0.15) is 16.3 Å². The second-order valence-electron chi connectivity index (χ2n) is 4.95. The zero-order valence-corrected chi connectivity index (χ0v) is 13.2. The maximum Gasteiger partial charge on any atom is 0.442 e. The third kappa shape index (κ3) is 3.38. The summed E-state index contributed by atoms with van der Waals surface area (Å²) in [5.74, 6) is -2.26. The van der Waals surface area contributed by atoms with Gasteiger partial charge >= 0.3 is 18.0 Å². The largest absolute Gasteiger partial charge is 0.465 e. The van der Waals surface area contributed by atoms with Gasteiger partial charge in [0.15, 0.2) is 0 Å². The standard InChI is InChI=1S/C14H13N3O6S/c18-12(22-7-9-2-1-5-24-9)13(19)23-17-8-15-10-6-16(14(20)21)4-3-11(10)17/h1-2,5,8H,3-4,6-7H2,(H,20,21). The van der Waals surface area contributed by atoms with E-state index in [2.05, 4.69) is 4.98 Å². The van der Waals surface area contributed by atoms with E-state index in [0.29, 0.717) is 17.8 Å². The minimum Gasteiger partial charge on any atom is -0.465 e. The van der Waals surface area contributed by atoms with Crippen molar-refractivity contribution in [1.82, 2.24) is 14.6 Å². The highest BCUT2D eigenvalue weighted by atomic mass is 32.1. The van der Waals surface area contributed by atoms with Crippen LogP contribution in [-0.4, -0.2) is 44.3 Å². The summed E-state index contributed by atoms with van der Waals surface area (Å²) in [6.07, 6.45) is 0.531. The molecule has 0 radical (unpaired) electrons. The fourth-order valence-corrected chi connectivity index (χ4v) is 2.86. The number of nitrogens with zero attached hydrogens (tertiary/aromatic N) is 3. The number of imidazole rings is 1. The summed E-state index contributed by atoms with van der Waals surface area (Å²) in [4.78, 5) is 45.4. The first-order valence-corrected chi connectivity index (χ1v) is 7.87. The molecule has 0 spiro atoms. The van der Waals surface area contributed by atoms with Gasteiger partial charge in [0, 0.05) is 17.8 Å². The van der Waals surface area contributed by atoms with E-state index in [4.69, 9.17) is 14.7 Å². The molecule has 1 aliphatic heterocycles. The summed E-state index contributed by atoms with van der Waals surface area (Å²) in [6, 6.07) is 3.59. The molecule has 3 heterocycles. The molecule has 2 aromatic rings. The Labute approximate surface area is 140 Å². The zero-order valence-electron chi connectivity index (χ0n) is 12.4. The molecule has 9 nitrogen and oxygen atoms in total. The van der Waals surface area contributed by atoms with Crippen LogP contribution >= 0.6 is 11.3 Å². The normalized spacial score (nSPS) is 13.2. The van der Waals surface area contributed by atoms with Crippen molar-refractivity contribution < 1.29 is 29.1 Å². The highest BCUT2D eigenvalue weighted by molar-refractivity contribution is 7.09. The van der Waals surface area contributed by atoms with Crippen LogP contribution in [0.5, 0.6) is 0 Å². The van der Waals surface area contributed by atoms with E-state index in [9.17, 15) is 14.4 Å². The van der Waals surface area contributed by atoms with Crippen LogP contribution in [0.3, 0.4) is 0 Å². The number of carboxylic acid groups (broad SMARTS) is 1. The lowest BCUT2D eigenvalue weighted by Gasteiger charge is -2.23. The molecule has 0 saturated carbocycles. The van der Waals surface area contributed by atoms with E-state index in [1.54, 1.807) is 6.07 Å². The van der Waals surface area contributed by atoms with Crippen LogP contribution in [0, 0.1) is 0 Å². The Morgan fingerprint density at radius 2 is 2.17 bits per heavy atom. The summed E-state index contributed by atoms with van der Waals surface area (Å²) in [7, 11) is 0. The van der Waals surface area contributed by atoms with Gasteiger partial charge in [-0.15, -0.1) is 11.3 Å². The lowest BCUT2D eigenvalue weighted by Crippen LogP contribution is -2.36. The van der Waals surface area contributed by atoms with Gasteiger partial charge in [0.05, 0.1) is 17.9 Å². The average Bonchev–Trinajstić information content (AvgIpc) is 3.22. The van der Waals surface area contributed by atoms with Crippen LogP contribution < -0.4 is 4.84 Å². The van der Waals surface area contributed by atoms with Gasteiger partial charge in [-0.3, -0.25) is 0 Å². The molecule has 10 heteroatoms. The lowest BCUT2D eigenvalue weighted by molar-refractivity contribution is -0.168. The first kappa shape index (κ1) is 16.0. The third-order valence-electron chi connectivity index (χ3n) is 3.42. The topological polar surface area (TPSA) is 111 Å². The summed E-state index contributed by atoms with van der Waals surface area (Å²) in [5, 5.41) is 10.8. The minimum atomic E-state index is -1.16. The molecule has 24 heavy (non-hydrogen) atoms. The van der Waals surface area contributed by atoms with E-state index >= 15 is 0 Å². The van der Waals surface area contributed by atoms with Gasteiger partial charge in [-0.2, -0.15) is 4.73 Å². The van der Waals surface area contributed by atoms with Gasteiger partial charge in [-0.25, -0.2) is 19.4 Å². The SMILES string of the molecule is O=C(OCc1cccs1)C(=O)On1cnc2c1CCN(C(=O)O)C2. The molecule has 0 unspecified atom stereocenters. The number of esters is 1. The lowest BCUT2D eigenvalue weighted by atomic mass is 10.1. The molecule has 1 N–H and O–H groups in total. The van der Waals surface area contributed by atoms with Gasteiger partial charge in [-0.05, 0) is 11.4 Å². The van der Waals surface area contributed by atoms with Crippen molar-refractivity contribution in [2.75, 3.05) is 6.54 Å². The number of carbonyl (C=O) groups excluding carboxylic acids is 2. The van der Waals surface area contributed by atoms with Gasteiger partial charge in [0.25, 0.3) is 0 Å². The molecule has 0 atom stereocenters. The molecule has 3 rings (SSSR count). The molecule has 0 saturated heterocycles. The van der Waals surface area contributed by atoms with Crippen molar-refractivity contribution >= 4 is 29.4 Å². The molecule has 1 aliphatic rings. The van der Waals surface area contributed by atoms with Crippen molar-refractivity contribution in [1.29, 1.82) is 0 Å². The van der Waals surface area contributed by atoms with Crippen molar-refractivity contribution in [3.05, 3.63) is 40.1 Å². The Bertz CT molecular complexity index is 770. The number of hydrogen-bond acceptors (Lipinski definition) is 7. The summed E-state index contributed by atoms with van der Waals surface area (Å²) in [6.45, 7) is 0.369. The number of thiophene rings is 1. The fourth-order valence-electron chi connectivity index (χ4n) is 2.24. The molecule has 0 aromatic carbocycles. The molecule has 126 valence electrons. The summed E-state index contributed by atoms with van der Waals surface area (Å²) in [5.41, 5.74) is 1.05. The van der Waals surface area contributed by atoms with Crippen LogP contribution in [0.25, 0.3) is 0 Å². The summed E-state index contributed by atoms with van der Waals surface area (Å²) < 4.78 is 5.95. The van der Waals surface area contributed by atoms with Gasteiger partial charge in [0.1, 0.15) is 12.9 Å². The Balaban J connectivity index is 1.59. The number of fused-ring (bicyclic) bond motifs is 1. The predicted molar refractivity (Wildman–Crippen MR) is 80.1 cm³/mol. The average molecular weight is 351 g/mol. The maximum absolute atomic E-state index is 11.8.